The molecule has 1 fully saturated rings. The van der Waals surface area contributed by atoms with Gasteiger partial charge in [-0.3, -0.25) is 9.59 Å². The molecule has 1 atom stereocenters. The van der Waals surface area contributed by atoms with Crippen LogP contribution in [0.4, 0.5) is 5.69 Å². The van der Waals surface area contributed by atoms with E-state index in [4.69, 9.17) is 0 Å². The Kier molecular flexibility index (Phi) is 5.17. The minimum Gasteiger partial charge on any atom is -0.351 e. The van der Waals surface area contributed by atoms with Gasteiger partial charge in [-0.1, -0.05) is 48.9 Å². The number of hydrogen-bond acceptors (Lipinski definition) is 2. The molecule has 3 rings (SSSR count). The predicted octanol–water partition coefficient (Wildman–Crippen LogP) is 3.23. The molecule has 4 heteroatoms. The van der Waals surface area contributed by atoms with Gasteiger partial charge in [0, 0.05) is 18.8 Å². The monoisotopic (exact) mass is 336 g/mol. The van der Waals surface area contributed by atoms with E-state index in [1.807, 2.05) is 55.5 Å². The number of nitrogens with one attached hydrogen (secondary N) is 1. The number of rotatable bonds is 5. The zero-order valence-electron chi connectivity index (χ0n) is 14.8. The normalized spacial score (nSPS) is 17.0. The molecule has 0 spiro atoms. The first-order valence-electron chi connectivity index (χ1n) is 8.82. The lowest BCUT2D eigenvalue weighted by molar-refractivity contribution is -0.132. The predicted molar refractivity (Wildman–Crippen MR) is 99.3 cm³/mol. The van der Waals surface area contributed by atoms with Crippen molar-refractivity contribution in [3.63, 3.8) is 0 Å². The number of amides is 2. The van der Waals surface area contributed by atoms with E-state index in [-0.39, 0.29) is 11.8 Å². The van der Waals surface area contributed by atoms with Crippen molar-refractivity contribution in [2.45, 2.75) is 33.2 Å². The van der Waals surface area contributed by atoms with Gasteiger partial charge in [-0.15, -0.1) is 0 Å². The highest BCUT2D eigenvalue weighted by atomic mass is 16.2. The van der Waals surface area contributed by atoms with Crippen LogP contribution in [0.25, 0.3) is 0 Å². The molecule has 4 nitrogen and oxygen atoms in total. The highest BCUT2D eigenvalue weighted by molar-refractivity contribution is 6.09. The number of carbonyl (C=O) groups excluding carboxylic acids is 2. The number of aryl methyl sites for hydroxylation is 2. The zero-order chi connectivity index (χ0) is 17.8. The van der Waals surface area contributed by atoms with Gasteiger partial charge >= 0.3 is 0 Å². The van der Waals surface area contributed by atoms with Gasteiger partial charge in [0.2, 0.25) is 11.8 Å². The molecule has 2 aromatic carbocycles. The van der Waals surface area contributed by atoms with Gasteiger partial charge in [0.15, 0.2) is 0 Å². The van der Waals surface area contributed by atoms with Gasteiger partial charge < -0.3 is 10.2 Å². The fourth-order valence-electron chi connectivity index (χ4n) is 3.23. The third kappa shape index (κ3) is 3.90. The Morgan fingerprint density at radius 1 is 1.16 bits per heavy atom. The quantitative estimate of drug-likeness (QED) is 0.852. The van der Waals surface area contributed by atoms with Crippen molar-refractivity contribution < 1.29 is 9.59 Å². The van der Waals surface area contributed by atoms with Crippen LogP contribution in [0.5, 0.6) is 0 Å². The molecule has 0 aliphatic carbocycles. The molecule has 1 heterocycles. The summed E-state index contributed by atoms with van der Waals surface area (Å²) in [6.07, 6.45) is 1.53. The maximum absolute atomic E-state index is 12.6. The number of benzene rings is 2. The van der Waals surface area contributed by atoms with E-state index in [9.17, 15) is 9.59 Å². The number of anilines is 1. The fourth-order valence-corrected chi connectivity index (χ4v) is 3.23. The Bertz CT molecular complexity index is 768. The zero-order valence-corrected chi connectivity index (χ0v) is 14.8. The van der Waals surface area contributed by atoms with E-state index in [2.05, 4.69) is 12.2 Å². The highest BCUT2D eigenvalue weighted by Crippen LogP contribution is 2.26. The summed E-state index contributed by atoms with van der Waals surface area (Å²) in [7, 11) is 0. The molecule has 1 aliphatic rings. The minimum absolute atomic E-state index is 0.106. The van der Waals surface area contributed by atoms with E-state index in [1.165, 1.54) is 5.56 Å². The lowest BCUT2D eigenvalue weighted by Gasteiger charge is -2.17. The van der Waals surface area contributed by atoms with Crippen LogP contribution in [0.1, 0.15) is 30.0 Å². The third-order valence-electron chi connectivity index (χ3n) is 4.73. The lowest BCUT2D eigenvalue weighted by Crippen LogP contribution is -2.36. The van der Waals surface area contributed by atoms with E-state index in [0.717, 1.165) is 23.2 Å². The Balaban J connectivity index is 1.61. The maximum atomic E-state index is 12.6. The van der Waals surface area contributed by atoms with Crippen LogP contribution in [-0.2, 0) is 22.6 Å². The molecular weight excluding hydrogens is 312 g/mol. The molecule has 130 valence electrons. The molecule has 0 radical (unpaired) electrons. The molecule has 25 heavy (non-hydrogen) atoms. The first kappa shape index (κ1) is 17.2. The fraction of sp³-hybridized carbons (Fsp3) is 0.333. The van der Waals surface area contributed by atoms with Gasteiger partial charge in [0.25, 0.3) is 0 Å². The summed E-state index contributed by atoms with van der Waals surface area (Å²) in [5, 5.41) is 2.90. The van der Waals surface area contributed by atoms with Gasteiger partial charge in [0.1, 0.15) is 5.92 Å². The van der Waals surface area contributed by atoms with Crippen molar-refractivity contribution in [1.82, 2.24) is 5.32 Å². The highest BCUT2D eigenvalue weighted by Gasteiger charge is 2.37. The molecule has 0 aromatic heterocycles. The summed E-state index contributed by atoms with van der Waals surface area (Å²) < 4.78 is 0. The molecule has 0 bridgehead atoms. The van der Waals surface area contributed by atoms with Crippen molar-refractivity contribution in [2.24, 2.45) is 5.92 Å². The Labute approximate surface area is 148 Å². The molecular formula is C21H24N2O2. The summed E-state index contributed by atoms with van der Waals surface area (Å²) in [5.74, 6) is -0.874. The van der Waals surface area contributed by atoms with Crippen LogP contribution in [0.2, 0.25) is 0 Å². The van der Waals surface area contributed by atoms with Crippen molar-refractivity contribution in [1.29, 1.82) is 0 Å². The van der Waals surface area contributed by atoms with Crippen molar-refractivity contribution >= 4 is 17.5 Å². The van der Waals surface area contributed by atoms with Crippen LogP contribution >= 0.6 is 0 Å². The largest absolute Gasteiger partial charge is 0.351 e. The SMILES string of the molecule is CCc1ccc(N2CC[C@H](C(=O)NCc3cccc(C)c3)C2=O)cc1. The maximum Gasteiger partial charge on any atom is 0.239 e. The smallest absolute Gasteiger partial charge is 0.239 e. The Morgan fingerprint density at radius 2 is 1.92 bits per heavy atom. The summed E-state index contributed by atoms with van der Waals surface area (Å²) in [6, 6.07) is 16.0. The summed E-state index contributed by atoms with van der Waals surface area (Å²) in [6.45, 7) is 5.17. The summed E-state index contributed by atoms with van der Waals surface area (Å²) in [4.78, 5) is 26.8. The molecule has 1 aliphatic heterocycles. The standard InChI is InChI=1S/C21H24N2O2/c1-3-16-7-9-18(10-8-16)23-12-11-19(21(23)25)20(24)22-14-17-6-4-5-15(2)13-17/h4-10,13,19H,3,11-12,14H2,1-2H3,(H,22,24)/t19-/m1/s1. The number of carbonyl (C=O) groups is 2. The topological polar surface area (TPSA) is 49.4 Å². The van der Waals surface area contributed by atoms with Gasteiger partial charge in [-0.2, -0.15) is 0 Å². The molecule has 1 saturated heterocycles. The third-order valence-corrected chi connectivity index (χ3v) is 4.73. The van der Waals surface area contributed by atoms with Crippen molar-refractivity contribution in [3.05, 3.63) is 65.2 Å². The first-order valence-corrected chi connectivity index (χ1v) is 8.82. The minimum atomic E-state index is -0.587. The second-order valence-corrected chi connectivity index (χ2v) is 6.56. The second kappa shape index (κ2) is 7.51. The van der Waals surface area contributed by atoms with Crippen molar-refractivity contribution in [3.8, 4) is 0 Å². The second-order valence-electron chi connectivity index (χ2n) is 6.56. The van der Waals surface area contributed by atoms with Crippen LogP contribution in [0.15, 0.2) is 48.5 Å². The molecule has 2 amide bonds. The van der Waals surface area contributed by atoms with Gasteiger partial charge in [-0.25, -0.2) is 0 Å². The van der Waals surface area contributed by atoms with E-state index in [0.29, 0.717) is 19.5 Å². The average Bonchev–Trinajstić information content (AvgIpc) is 3.01. The van der Waals surface area contributed by atoms with Gasteiger partial charge in [0.05, 0.1) is 0 Å². The van der Waals surface area contributed by atoms with E-state index < -0.39 is 5.92 Å². The molecule has 0 unspecified atom stereocenters. The number of hydrogen-bond donors (Lipinski definition) is 1. The van der Waals surface area contributed by atoms with E-state index in [1.54, 1.807) is 4.90 Å². The van der Waals surface area contributed by atoms with Gasteiger partial charge in [-0.05, 0) is 43.0 Å². The molecule has 2 aromatic rings. The average molecular weight is 336 g/mol. The number of nitrogens with zero attached hydrogens (tertiary/aromatic N) is 1. The summed E-state index contributed by atoms with van der Waals surface area (Å²) in [5.41, 5.74) is 4.32. The molecule has 1 N–H and O–H groups in total. The van der Waals surface area contributed by atoms with Crippen LogP contribution in [0, 0.1) is 12.8 Å². The van der Waals surface area contributed by atoms with Crippen LogP contribution in [-0.4, -0.2) is 18.4 Å². The summed E-state index contributed by atoms with van der Waals surface area (Å²) >= 11 is 0. The van der Waals surface area contributed by atoms with Crippen molar-refractivity contribution in [2.75, 3.05) is 11.4 Å². The first-order chi connectivity index (χ1) is 12.1. The molecule has 0 saturated carbocycles. The van der Waals surface area contributed by atoms with E-state index >= 15 is 0 Å². The Hall–Kier alpha value is -2.62. The van der Waals surface area contributed by atoms with Crippen LogP contribution in [0.3, 0.4) is 0 Å². The Morgan fingerprint density at radius 3 is 2.60 bits per heavy atom. The van der Waals surface area contributed by atoms with Crippen LogP contribution < -0.4 is 10.2 Å². The lowest BCUT2D eigenvalue weighted by atomic mass is 10.1.